The van der Waals surface area contributed by atoms with Crippen molar-refractivity contribution in [2.75, 3.05) is 16.8 Å². The number of fused-ring (bicyclic) bond motifs is 6. The number of carbonyl (C=O) groups is 4. The molecular weight excluding hydrogens is 444 g/mol. The van der Waals surface area contributed by atoms with Crippen molar-refractivity contribution < 1.29 is 23.9 Å². The average molecular weight is 469 g/mol. The molecule has 7 heteroatoms. The Balaban J connectivity index is 1.09. The lowest BCUT2D eigenvalue weighted by Gasteiger charge is -2.19. The maximum absolute atomic E-state index is 13.0. The van der Waals surface area contributed by atoms with Crippen molar-refractivity contribution in [2.45, 2.75) is 19.3 Å². The molecule has 1 aliphatic heterocycles. The predicted molar refractivity (Wildman–Crippen MR) is 130 cm³/mol. The van der Waals surface area contributed by atoms with Gasteiger partial charge in [0.2, 0.25) is 11.8 Å². The van der Waals surface area contributed by atoms with Gasteiger partial charge in [-0.1, -0.05) is 36.4 Å². The maximum atomic E-state index is 13.0. The zero-order valence-electron chi connectivity index (χ0n) is 19.0. The summed E-state index contributed by atoms with van der Waals surface area (Å²) in [4.78, 5) is 52.1. The van der Waals surface area contributed by atoms with E-state index in [0.717, 1.165) is 30.0 Å². The summed E-state index contributed by atoms with van der Waals surface area (Å²) in [6.07, 6.45) is 3.04. The Bertz CT molecular complexity index is 1330. The molecule has 3 fully saturated rings. The van der Waals surface area contributed by atoms with Gasteiger partial charge in [-0.2, -0.15) is 0 Å². The summed E-state index contributed by atoms with van der Waals surface area (Å²) in [5.41, 5.74) is 1.36. The number of imide groups is 1. The van der Waals surface area contributed by atoms with Gasteiger partial charge in [-0.05, 0) is 66.8 Å². The SMILES string of the molecule is O=C(COC(=O)c1ccc(N2C(=O)[C@@H]3[C@H]4CC[C@@H](C4)[C@@H]3C2=O)cc1)Nc1cccc2ccccc12. The highest BCUT2D eigenvalue weighted by molar-refractivity contribution is 6.22. The smallest absolute Gasteiger partial charge is 0.338 e. The van der Waals surface area contributed by atoms with Gasteiger partial charge in [-0.25, -0.2) is 4.79 Å². The number of hydrogen-bond acceptors (Lipinski definition) is 5. The number of ether oxygens (including phenoxy) is 1. The third kappa shape index (κ3) is 3.58. The Labute approximate surface area is 202 Å². The molecule has 0 unspecified atom stereocenters. The van der Waals surface area contributed by atoms with E-state index < -0.39 is 18.5 Å². The van der Waals surface area contributed by atoms with Crippen molar-refractivity contribution in [1.82, 2.24) is 0 Å². The molecule has 2 aliphatic carbocycles. The van der Waals surface area contributed by atoms with Crippen LogP contribution in [-0.2, 0) is 19.1 Å². The summed E-state index contributed by atoms with van der Waals surface area (Å²) in [5.74, 6) is -1.07. The number of anilines is 2. The molecule has 0 spiro atoms. The van der Waals surface area contributed by atoms with E-state index in [1.54, 1.807) is 18.2 Å². The zero-order valence-corrected chi connectivity index (χ0v) is 19.0. The van der Waals surface area contributed by atoms with Crippen molar-refractivity contribution in [3.63, 3.8) is 0 Å². The molecule has 1 N–H and O–H groups in total. The molecule has 1 heterocycles. The van der Waals surface area contributed by atoms with Crippen LogP contribution in [0.1, 0.15) is 29.6 Å². The van der Waals surface area contributed by atoms with Crippen molar-refractivity contribution >= 4 is 45.8 Å². The number of esters is 1. The number of carbonyl (C=O) groups excluding carboxylic acids is 4. The van der Waals surface area contributed by atoms with Gasteiger partial charge < -0.3 is 10.1 Å². The van der Waals surface area contributed by atoms with Gasteiger partial charge >= 0.3 is 5.97 Å². The van der Waals surface area contributed by atoms with Gasteiger partial charge in [0.15, 0.2) is 6.61 Å². The number of rotatable bonds is 5. The van der Waals surface area contributed by atoms with Crippen LogP contribution in [0, 0.1) is 23.7 Å². The molecule has 2 saturated carbocycles. The van der Waals surface area contributed by atoms with E-state index >= 15 is 0 Å². The first-order valence-corrected chi connectivity index (χ1v) is 11.9. The van der Waals surface area contributed by atoms with Crippen LogP contribution in [0.3, 0.4) is 0 Å². The van der Waals surface area contributed by atoms with Gasteiger partial charge in [-0.15, -0.1) is 0 Å². The largest absolute Gasteiger partial charge is 0.452 e. The fourth-order valence-electron chi connectivity index (χ4n) is 6.14. The second kappa shape index (κ2) is 8.34. The Morgan fingerprint density at radius 2 is 1.51 bits per heavy atom. The molecule has 1 saturated heterocycles. The molecule has 3 aromatic rings. The second-order valence-corrected chi connectivity index (χ2v) is 9.59. The minimum Gasteiger partial charge on any atom is -0.452 e. The van der Waals surface area contributed by atoms with E-state index in [4.69, 9.17) is 4.74 Å². The van der Waals surface area contributed by atoms with E-state index in [1.807, 2.05) is 36.4 Å². The zero-order chi connectivity index (χ0) is 24.1. The first kappa shape index (κ1) is 21.5. The van der Waals surface area contributed by atoms with Crippen LogP contribution in [0.5, 0.6) is 0 Å². The van der Waals surface area contributed by atoms with Crippen molar-refractivity contribution in [1.29, 1.82) is 0 Å². The van der Waals surface area contributed by atoms with Crippen LogP contribution in [-0.4, -0.2) is 30.3 Å². The van der Waals surface area contributed by atoms with Crippen molar-refractivity contribution in [2.24, 2.45) is 23.7 Å². The molecule has 0 aromatic heterocycles. The third-order valence-electron chi connectivity index (χ3n) is 7.69. The standard InChI is InChI=1S/C28H24N2O5/c31-23(29-22-7-3-5-16-4-1-2-6-21(16)22)15-35-28(34)17-10-12-20(13-11-17)30-26(32)24-18-8-9-19(14-18)25(24)27(30)33/h1-7,10-13,18-19,24-25H,8-9,14-15H2,(H,29,31)/t18-,19-,24-,25+/m0/s1. The number of nitrogens with zero attached hydrogens (tertiary/aromatic N) is 1. The van der Waals surface area contributed by atoms with Crippen LogP contribution < -0.4 is 10.2 Å². The number of hydrogen-bond donors (Lipinski definition) is 1. The summed E-state index contributed by atoms with van der Waals surface area (Å²) in [6.45, 7) is -0.432. The fraction of sp³-hybridized carbons (Fsp3) is 0.286. The highest BCUT2D eigenvalue weighted by Gasteiger charge is 2.61. The van der Waals surface area contributed by atoms with E-state index in [0.29, 0.717) is 23.2 Å². The van der Waals surface area contributed by atoms with Gasteiger partial charge in [0.25, 0.3) is 5.91 Å². The first-order valence-electron chi connectivity index (χ1n) is 11.9. The molecule has 4 atom stereocenters. The molecule has 3 aromatic carbocycles. The van der Waals surface area contributed by atoms with Gasteiger partial charge in [0.05, 0.1) is 23.1 Å². The lowest BCUT2D eigenvalue weighted by molar-refractivity contribution is -0.123. The number of benzene rings is 3. The summed E-state index contributed by atoms with van der Waals surface area (Å²) in [7, 11) is 0. The predicted octanol–water partition coefficient (Wildman–Crippen LogP) is 4.17. The molecular formula is C28H24N2O5. The van der Waals surface area contributed by atoms with Crippen LogP contribution >= 0.6 is 0 Å². The topological polar surface area (TPSA) is 92.8 Å². The second-order valence-electron chi connectivity index (χ2n) is 9.59. The minimum atomic E-state index is -0.654. The summed E-state index contributed by atoms with van der Waals surface area (Å²) < 4.78 is 5.18. The molecule has 35 heavy (non-hydrogen) atoms. The summed E-state index contributed by atoms with van der Waals surface area (Å²) >= 11 is 0. The summed E-state index contributed by atoms with van der Waals surface area (Å²) in [6, 6.07) is 19.5. The Morgan fingerprint density at radius 3 is 2.23 bits per heavy atom. The maximum Gasteiger partial charge on any atom is 0.338 e. The minimum absolute atomic E-state index is 0.118. The van der Waals surface area contributed by atoms with Gasteiger partial charge in [0, 0.05) is 11.1 Å². The van der Waals surface area contributed by atoms with E-state index in [-0.39, 0.29) is 29.2 Å². The van der Waals surface area contributed by atoms with Crippen LogP contribution in [0.4, 0.5) is 11.4 Å². The van der Waals surface area contributed by atoms with Gasteiger partial charge in [-0.3, -0.25) is 19.3 Å². The number of nitrogens with one attached hydrogen (secondary N) is 1. The molecule has 2 bridgehead atoms. The molecule has 0 radical (unpaired) electrons. The molecule has 7 nitrogen and oxygen atoms in total. The third-order valence-corrected chi connectivity index (χ3v) is 7.69. The monoisotopic (exact) mass is 468 g/mol. The lowest BCUT2D eigenvalue weighted by atomic mass is 9.81. The number of amides is 3. The molecule has 6 rings (SSSR count). The Hall–Kier alpha value is -4.00. The van der Waals surface area contributed by atoms with Crippen molar-refractivity contribution in [3.8, 4) is 0 Å². The Morgan fingerprint density at radius 1 is 0.857 bits per heavy atom. The highest BCUT2D eigenvalue weighted by Crippen LogP contribution is 2.56. The van der Waals surface area contributed by atoms with Crippen LogP contribution in [0.2, 0.25) is 0 Å². The Kier molecular flexibility index (Phi) is 5.13. The molecule has 3 amide bonds. The first-order chi connectivity index (χ1) is 17.0. The van der Waals surface area contributed by atoms with Crippen LogP contribution in [0.25, 0.3) is 10.8 Å². The van der Waals surface area contributed by atoms with E-state index in [2.05, 4.69) is 5.32 Å². The quantitative estimate of drug-likeness (QED) is 0.448. The molecule has 3 aliphatic rings. The van der Waals surface area contributed by atoms with Gasteiger partial charge in [0.1, 0.15) is 0 Å². The normalized spacial score (nSPS) is 24.6. The molecule has 176 valence electrons. The highest BCUT2D eigenvalue weighted by atomic mass is 16.5. The van der Waals surface area contributed by atoms with E-state index in [1.165, 1.54) is 17.0 Å². The lowest BCUT2D eigenvalue weighted by Crippen LogP contribution is -2.32. The average Bonchev–Trinajstić information content (AvgIpc) is 3.56. The van der Waals surface area contributed by atoms with Crippen LogP contribution in [0.15, 0.2) is 66.7 Å². The van der Waals surface area contributed by atoms with Crippen molar-refractivity contribution in [3.05, 3.63) is 72.3 Å². The summed E-state index contributed by atoms with van der Waals surface area (Å²) in [5, 5.41) is 4.67. The fourth-order valence-corrected chi connectivity index (χ4v) is 6.14. The van der Waals surface area contributed by atoms with E-state index in [9.17, 15) is 19.2 Å².